The quantitative estimate of drug-likeness (QED) is 0.0281. The third-order valence-electron chi connectivity index (χ3n) is 10.3. The van der Waals surface area contributed by atoms with E-state index in [1.54, 1.807) is 6.08 Å². The summed E-state index contributed by atoms with van der Waals surface area (Å²) >= 11 is 0. The van der Waals surface area contributed by atoms with Crippen LogP contribution in [-0.4, -0.2) is 87.5 Å². The fourth-order valence-electron chi connectivity index (χ4n) is 6.74. The Bertz CT molecular complexity index is 868. The highest BCUT2D eigenvalue weighted by atomic mass is 16.7. The van der Waals surface area contributed by atoms with E-state index in [0.29, 0.717) is 6.42 Å². The normalized spacial score (nSPS) is 22.0. The van der Waals surface area contributed by atoms with Gasteiger partial charge < -0.3 is 40.3 Å². The molecule has 1 saturated heterocycles. The number of rotatable bonds is 35. The maximum Gasteiger partial charge on any atom is 0.220 e. The van der Waals surface area contributed by atoms with Gasteiger partial charge in [0.05, 0.1) is 25.4 Å². The van der Waals surface area contributed by atoms with E-state index in [9.17, 15) is 30.3 Å². The maximum absolute atomic E-state index is 12.9. The zero-order chi connectivity index (χ0) is 38.1. The van der Waals surface area contributed by atoms with Gasteiger partial charge in [0.15, 0.2) is 6.29 Å². The zero-order valence-electron chi connectivity index (χ0n) is 33.3. The molecule has 0 spiro atoms. The summed E-state index contributed by atoms with van der Waals surface area (Å²) in [4.78, 5) is 12.9. The molecule has 6 N–H and O–H groups in total. The van der Waals surface area contributed by atoms with E-state index in [-0.39, 0.29) is 12.5 Å². The molecule has 1 aliphatic rings. The first-order chi connectivity index (χ1) is 25.3. The smallest absolute Gasteiger partial charge is 0.220 e. The molecule has 306 valence electrons. The van der Waals surface area contributed by atoms with Gasteiger partial charge >= 0.3 is 0 Å². The minimum atomic E-state index is -1.56. The van der Waals surface area contributed by atoms with E-state index >= 15 is 0 Å². The van der Waals surface area contributed by atoms with Crippen LogP contribution in [0.4, 0.5) is 0 Å². The lowest BCUT2D eigenvalue weighted by Gasteiger charge is -2.40. The predicted octanol–water partition coefficient (Wildman–Crippen LogP) is 8.33. The molecule has 0 aliphatic carbocycles. The van der Waals surface area contributed by atoms with Gasteiger partial charge in [0.25, 0.3) is 0 Å². The molecule has 0 aromatic rings. The monoisotopic (exact) mass is 740 g/mol. The van der Waals surface area contributed by atoms with Crippen molar-refractivity contribution in [2.24, 2.45) is 0 Å². The topological polar surface area (TPSA) is 149 Å². The van der Waals surface area contributed by atoms with Gasteiger partial charge in [-0.2, -0.15) is 0 Å². The Morgan fingerprint density at radius 3 is 1.56 bits per heavy atom. The minimum absolute atomic E-state index is 0.187. The number of carbonyl (C=O) groups is 1. The maximum atomic E-state index is 12.9. The van der Waals surface area contributed by atoms with Crippen molar-refractivity contribution in [1.82, 2.24) is 5.32 Å². The lowest BCUT2D eigenvalue weighted by Crippen LogP contribution is -2.60. The summed E-state index contributed by atoms with van der Waals surface area (Å²) in [6, 6.07) is -0.804. The molecule has 52 heavy (non-hydrogen) atoms. The zero-order valence-corrected chi connectivity index (χ0v) is 33.3. The molecular weight excluding hydrogens is 658 g/mol. The van der Waals surface area contributed by atoms with Crippen molar-refractivity contribution in [3.8, 4) is 0 Å². The second-order valence-corrected chi connectivity index (χ2v) is 15.1. The van der Waals surface area contributed by atoms with Crippen LogP contribution in [0.5, 0.6) is 0 Å². The number of hydrogen-bond acceptors (Lipinski definition) is 8. The molecule has 1 amide bonds. The fourth-order valence-corrected chi connectivity index (χ4v) is 6.74. The Kier molecular flexibility index (Phi) is 32.0. The Labute approximate surface area is 318 Å². The number of ether oxygens (including phenoxy) is 2. The lowest BCUT2D eigenvalue weighted by atomic mass is 9.99. The molecule has 0 bridgehead atoms. The van der Waals surface area contributed by atoms with Crippen molar-refractivity contribution in [2.45, 2.75) is 230 Å². The van der Waals surface area contributed by atoms with Gasteiger partial charge in [-0.25, -0.2) is 0 Å². The molecule has 1 aliphatic heterocycles. The number of aliphatic hydroxyl groups excluding tert-OH is 5. The van der Waals surface area contributed by atoms with Crippen LogP contribution < -0.4 is 5.32 Å². The summed E-state index contributed by atoms with van der Waals surface area (Å²) in [5, 5.41) is 54.0. The molecular formula is C43H81NO8. The third kappa shape index (κ3) is 24.9. The van der Waals surface area contributed by atoms with Crippen molar-refractivity contribution >= 4 is 5.91 Å². The van der Waals surface area contributed by atoms with Crippen molar-refractivity contribution in [1.29, 1.82) is 0 Å². The van der Waals surface area contributed by atoms with E-state index in [1.165, 1.54) is 109 Å². The number of carbonyl (C=O) groups excluding carboxylic acids is 1. The van der Waals surface area contributed by atoms with E-state index in [2.05, 4.69) is 31.3 Å². The van der Waals surface area contributed by atoms with Crippen LogP contribution in [-0.2, 0) is 14.3 Å². The van der Waals surface area contributed by atoms with E-state index in [4.69, 9.17) is 9.47 Å². The average Bonchev–Trinajstić information content (AvgIpc) is 3.14. The van der Waals surface area contributed by atoms with E-state index in [0.717, 1.165) is 57.8 Å². The van der Waals surface area contributed by atoms with E-state index < -0.39 is 49.5 Å². The molecule has 0 aromatic heterocycles. The second-order valence-electron chi connectivity index (χ2n) is 15.1. The highest BCUT2D eigenvalue weighted by Gasteiger charge is 2.44. The minimum Gasteiger partial charge on any atom is -0.394 e. The number of aliphatic hydroxyl groups is 5. The number of amides is 1. The van der Waals surface area contributed by atoms with Crippen molar-refractivity contribution in [2.75, 3.05) is 13.2 Å². The predicted molar refractivity (Wildman–Crippen MR) is 212 cm³/mol. The standard InChI is InChI=1S/C43H81NO8/c1-3-5-7-9-11-13-15-17-19-21-23-25-27-29-31-33-39(47)44-36(35-51-43-42(50)41(49)40(48)38(34-45)52-43)37(46)32-30-28-26-24-22-20-18-16-14-12-10-8-6-4-2/h17,19,30,32,36-38,40-43,45-46,48-50H,3-16,18,20-29,31,33-35H2,1-2H3,(H,44,47)/b19-17-,32-30+. The summed E-state index contributed by atoms with van der Waals surface area (Å²) in [7, 11) is 0. The molecule has 0 aromatic carbocycles. The van der Waals surface area contributed by atoms with Crippen LogP contribution in [0.3, 0.4) is 0 Å². The third-order valence-corrected chi connectivity index (χ3v) is 10.3. The Balaban J connectivity index is 2.41. The number of allylic oxidation sites excluding steroid dienone is 3. The number of unbranched alkanes of at least 4 members (excludes halogenated alkanes) is 23. The summed E-state index contributed by atoms with van der Waals surface area (Å²) in [6.07, 6.45) is 32.1. The first-order valence-corrected chi connectivity index (χ1v) is 21.6. The average molecular weight is 740 g/mol. The Morgan fingerprint density at radius 2 is 1.08 bits per heavy atom. The summed E-state index contributed by atoms with van der Waals surface area (Å²) in [6.45, 7) is 3.75. The molecule has 0 radical (unpaired) electrons. The van der Waals surface area contributed by atoms with Crippen LogP contribution >= 0.6 is 0 Å². The molecule has 7 unspecified atom stereocenters. The Hall–Kier alpha value is -1.33. The van der Waals surface area contributed by atoms with Gasteiger partial charge in [-0.05, 0) is 44.9 Å². The highest BCUT2D eigenvalue weighted by molar-refractivity contribution is 5.76. The van der Waals surface area contributed by atoms with Crippen molar-refractivity contribution in [3.63, 3.8) is 0 Å². The van der Waals surface area contributed by atoms with E-state index in [1.807, 2.05) is 6.08 Å². The second kappa shape index (κ2) is 34.2. The summed E-state index contributed by atoms with van der Waals surface area (Å²) in [5.74, 6) is -0.187. The first-order valence-electron chi connectivity index (χ1n) is 21.6. The number of nitrogens with one attached hydrogen (secondary N) is 1. The molecule has 1 rings (SSSR count). The Morgan fingerprint density at radius 1 is 0.635 bits per heavy atom. The largest absolute Gasteiger partial charge is 0.394 e. The molecule has 7 atom stereocenters. The molecule has 9 heteroatoms. The van der Waals surface area contributed by atoms with Crippen LogP contribution in [0.2, 0.25) is 0 Å². The lowest BCUT2D eigenvalue weighted by molar-refractivity contribution is -0.302. The molecule has 9 nitrogen and oxygen atoms in total. The van der Waals surface area contributed by atoms with Gasteiger partial charge in [-0.3, -0.25) is 4.79 Å². The molecule has 1 heterocycles. The van der Waals surface area contributed by atoms with Crippen LogP contribution in [0.25, 0.3) is 0 Å². The molecule has 0 saturated carbocycles. The van der Waals surface area contributed by atoms with Gasteiger partial charge in [0.1, 0.15) is 24.4 Å². The van der Waals surface area contributed by atoms with Crippen molar-refractivity contribution < 1.29 is 39.8 Å². The van der Waals surface area contributed by atoms with Crippen LogP contribution in [0.15, 0.2) is 24.3 Å². The van der Waals surface area contributed by atoms with Crippen molar-refractivity contribution in [3.05, 3.63) is 24.3 Å². The SMILES string of the molecule is CCCCCCCC/C=C\CCCCCCCC(=O)NC(COC1OC(CO)C(O)C(O)C1O)C(O)/C=C/CCCCCCCCCCCCCC. The first kappa shape index (κ1) is 48.7. The van der Waals surface area contributed by atoms with Gasteiger partial charge in [-0.1, -0.05) is 160 Å². The fraction of sp³-hybridized carbons (Fsp3) is 0.884. The van der Waals surface area contributed by atoms with Crippen LogP contribution in [0, 0.1) is 0 Å². The molecule has 1 fully saturated rings. The summed E-state index contributed by atoms with van der Waals surface area (Å²) in [5.41, 5.74) is 0. The van der Waals surface area contributed by atoms with Gasteiger partial charge in [0, 0.05) is 6.42 Å². The van der Waals surface area contributed by atoms with Crippen LogP contribution in [0.1, 0.15) is 187 Å². The number of hydrogen-bond donors (Lipinski definition) is 6. The van der Waals surface area contributed by atoms with Gasteiger partial charge in [0.2, 0.25) is 5.91 Å². The highest BCUT2D eigenvalue weighted by Crippen LogP contribution is 2.22. The van der Waals surface area contributed by atoms with Gasteiger partial charge in [-0.15, -0.1) is 0 Å². The summed E-state index contributed by atoms with van der Waals surface area (Å²) < 4.78 is 11.2.